The molecule has 0 aliphatic carbocycles. The summed E-state index contributed by atoms with van der Waals surface area (Å²) in [6.45, 7) is 4.42. The van der Waals surface area contributed by atoms with Gasteiger partial charge in [-0.3, -0.25) is 14.2 Å². The number of carbonyl (C=O) groups is 1. The lowest BCUT2D eigenvalue weighted by Crippen LogP contribution is -2.94. The highest BCUT2D eigenvalue weighted by atomic mass is 127. The van der Waals surface area contributed by atoms with E-state index in [1.165, 1.54) is 10.6 Å². The Balaban J connectivity index is 1.72. The van der Waals surface area contributed by atoms with Crippen molar-refractivity contribution in [2.45, 2.75) is 13.0 Å². The summed E-state index contributed by atoms with van der Waals surface area (Å²) < 4.78 is 17.1. The Bertz CT molecular complexity index is 1220. The van der Waals surface area contributed by atoms with Crippen molar-refractivity contribution in [3.8, 4) is 5.69 Å². The van der Waals surface area contributed by atoms with Gasteiger partial charge < -0.3 is 10.2 Å². The predicted molar refractivity (Wildman–Crippen MR) is 112 cm³/mol. The van der Waals surface area contributed by atoms with Crippen molar-refractivity contribution in [2.75, 3.05) is 24.5 Å². The van der Waals surface area contributed by atoms with Gasteiger partial charge in [0.2, 0.25) is 5.78 Å². The van der Waals surface area contributed by atoms with E-state index in [4.69, 9.17) is 0 Å². The third-order valence-corrected chi connectivity index (χ3v) is 6.07. The molecule has 0 amide bonds. The van der Waals surface area contributed by atoms with E-state index in [-0.39, 0.29) is 17.0 Å². The van der Waals surface area contributed by atoms with Crippen LogP contribution >= 0.6 is 22.6 Å². The fourth-order valence-corrected chi connectivity index (χ4v) is 4.56. The molecule has 5 rings (SSSR count). The fourth-order valence-electron chi connectivity index (χ4n) is 4.07. The molecule has 1 saturated heterocycles. The number of hydrogen-bond donors (Lipinski definition) is 1. The lowest BCUT2D eigenvalue weighted by atomic mass is 10.1. The van der Waals surface area contributed by atoms with E-state index in [1.54, 1.807) is 18.2 Å². The normalized spacial score (nSPS) is 18.5. The van der Waals surface area contributed by atoms with Gasteiger partial charge in [0.25, 0.3) is 5.56 Å². The molecule has 0 bridgehead atoms. The van der Waals surface area contributed by atoms with Crippen LogP contribution < -0.4 is 15.8 Å². The van der Waals surface area contributed by atoms with E-state index in [9.17, 15) is 14.0 Å². The number of fused-ring (bicyclic) bond motifs is 4. The van der Waals surface area contributed by atoms with Crippen LogP contribution in [0.4, 0.5) is 10.1 Å². The van der Waals surface area contributed by atoms with E-state index in [2.05, 4.69) is 39.8 Å². The number of aromatic nitrogens is 2. The first-order valence-corrected chi connectivity index (χ1v) is 10.2. The van der Waals surface area contributed by atoms with Crippen molar-refractivity contribution in [3.05, 3.63) is 61.5 Å². The van der Waals surface area contributed by atoms with Crippen LogP contribution in [-0.2, 0) is 0 Å². The predicted octanol–water partition coefficient (Wildman–Crippen LogP) is 1.45. The average molecular weight is 491 g/mol. The Morgan fingerprint density at radius 3 is 2.82 bits per heavy atom. The SMILES string of the molecule is CC1CN(c2cc3nc4n(c(=O)c3cc2F)-c2ccc(I)cc2C4=O)CC[NH2+]1. The van der Waals surface area contributed by atoms with Crippen molar-refractivity contribution < 1.29 is 14.5 Å². The van der Waals surface area contributed by atoms with Gasteiger partial charge in [-0.05, 0) is 59.8 Å². The van der Waals surface area contributed by atoms with Crippen LogP contribution in [0.2, 0.25) is 0 Å². The van der Waals surface area contributed by atoms with Crippen molar-refractivity contribution in [1.82, 2.24) is 9.55 Å². The Morgan fingerprint density at radius 1 is 1.21 bits per heavy atom. The second-order valence-electron chi connectivity index (χ2n) is 7.34. The Labute approximate surface area is 173 Å². The molecule has 3 aromatic rings. The number of rotatable bonds is 1. The standard InChI is InChI=1S/C20H16FIN4O2/c1-10-9-25(5-4-23-10)17-8-15-12(7-14(17)21)20(28)26-16-3-2-11(22)6-13(16)18(27)19(26)24-15/h2-3,6-8,10,23H,4-5,9H2,1H3/p+1. The number of nitrogens with two attached hydrogens (primary N) is 1. The van der Waals surface area contributed by atoms with E-state index in [1.807, 2.05) is 11.0 Å². The molecule has 28 heavy (non-hydrogen) atoms. The number of quaternary nitrogens is 1. The number of halogens is 2. The van der Waals surface area contributed by atoms with Gasteiger partial charge >= 0.3 is 0 Å². The summed E-state index contributed by atoms with van der Waals surface area (Å²) in [7, 11) is 0. The molecule has 0 radical (unpaired) electrons. The second-order valence-corrected chi connectivity index (χ2v) is 8.58. The van der Waals surface area contributed by atoms with E-state index >= 15 is 0 Å². The highest BCUT2D eigenvalue weighted by molar-refractivity contribution is 14.1. The number of benzene rings is 2. The molecule has 1 unspecified atom stereocenters. The molecule has 3 heterocycles. The summed E-state index contributed by atoms with van der Waals surface area (Å²) >= 11 is 2.12. The van der Waals surface area contributed by atoms with Gasteiger partial charge in [0.1, 0.15) is 11.9 Å². The minimum absolute atomic E-state index is 0.0902. The van der Waals surface area contributed by atoms with Crippen molar-refractivity contribution in [3.63, 3.8) is 0 Å². The minimum atomic E-state index is -0.437. The molecule has 1 atom stereocenters. The molecule has 8 heteroatoms. The number of hydrogen-bond acceptors (Lipinski definition) is 4. The molecular formula is C20H17FIN4O2+. The summed E-state index contributed by atoms with van der Waals surface area (Å²) in [4.78, 5) is 32.4. The molecule has 0 saturated carbocycles. The van der Waals surface area contributed by atoms with Gasteiger partial charge in [0.05, 0.1) is 47.5 Å². The third kappa shape index (κ3) is 2.58. The molecule has 2 aliphatic heterocycles. The Kier molecular flexibility index (Phi) is 4.02. The smallest absolute Gasteiger partial charge is 0.266 e. The van der Waals surface area contributed by atoms with E-state index in [0.29, 0.717) is 28.5 Å². The highest BCUT2D eigenvalue weighted by Crippen LogP contribution is 2.30. The van der Waals surface area contributed by atoms with Gasteiger partial charge in [-0.15, -0.1) is 0 Å². The summed E-state index contributed by atoms with van der Waals surface area (Å²) in [6, 6.07) is 8.53. The van der Waals surface area contributed by atoms with Crippen LogP contribution in [-0.4, -0.2) is 41.0 Å². The van der Waals surface area contributed by atoms with E-state index in [0.717, 1.165) is 23.2 Å². The summed E-state index contributed by atoms with van der Waals surface area (Å²) in [5.41, 5.74) is 1.32. The number of carbonyl (C=O) groups excluding carboxylic acids is 1. The van der Waals surface area contributed by atoms with Crippen LogP contribution in [0.5, 0.6) is 0 Å². The molecule has 2 aromatic carbocycles. The molecule has 1 aromatic heterocycles. The van der Waals surface area contributed by atoms with E-state index < -0.39 is 11.4 Å². The molecule has 0 spiro atoms. The zero-order valence-corrected chi connectivity index (χ0v) is 17.2. The molecule has 2 N–H and O–H groups in total. The van der Waals surface area contributed by atoms with Crippen LogP contribution in [0.3, 0.4) is 0 Å². The summed E-state index contributed by atoms with van der Waals surface area (Å²) in [5, 5.41) is 2.41. The fraction of sp³-hybridized carbons (Fsp3) is 0.250. The first-order valence-electron chi connectivity index (χ1n) is 9.13. The summed E-state index contributed by atoms with van der Waals surface area (Å²) in [6.07, 6.45) is 0. The van der Waals surface area contributed by atoms with Crippen LogP contribution in [0.15, 0.2) is 35.1 Å². The van der Waals surface area contributed by atoms with Gasteiger partial charge in [0.15, 0.2) is 5.82 Å². The first kappa shape index (κ1) is 17.7. The van der Waals surface area contributed by atoms with Crippen LogP contribution in [0, 0.1) is 9.39 Å². The number of nitrogens with zero attached hydrogens (tertiary/aromatic N) is 3. The van der Waals surface area contributed by atoms with Gasteiger partial charge in [-0.2, -0.15) is 0 Å². The molecular weight excluding hydrogens is 474 g/mol. The molecule has 142 valence electrons. The van der Waals surface area contributed by atoms with Gasteiger partial charge in [-0.25, -0.2) is 9.37 Å². The highest BCUT2D eigenvalue weighted by Gasteiger charge is 2.31. The lowest BCUT2D eigenvalue weighted by molar-refractivity contribution is -0.687. The van der Waals surface area contributed by atoms with Crippen molar-refractivity contribution in [1.29, 1.82) is 0 Å². The second kappa shape index (κ2) is 6.35. The van der Waals surface area contributed by atoms with Gasteiger partial charge in [0, 0.05) is 3.57 Å². The monoisotopic (exact) mass is 491 g/mol. The molecule has 2 aliphatic rings. The average Bonchev–Trinajstić information content (AvgIpc) is 2.94. The number of ketones is 1. The largest absolute Gasteiger partial charge is 0.358 e. The molecule has 6 nitrogen and oxygen atoms in total. The van der Waals surface area contributed by atoms with Crippen molar-refractivity contribution in [2.24, 2.45) is 0 Å². The zero-order valence-electron chi connectivity index (χ0n) is 15.1. The lowest BCUT2D eigenvalue weighted by Gasteiger charge is -2.31. The third-order valence-electron chi connectivity index (χ3n) is 5.40. The summed E-state index contributed by atoms with van der Waals surface area (Å²) in [5.74, 6) is -0.625. The van der Waals surface area contributed by atoms with Crippen LogP contribution in [0.1, 0.15) is 23.1 Å². The number of piperazine rings is 1. The topological polar surface area (TPSA) is 71.8 Å². The maximum Gasteiger partial charge on any atom is 0.266 e. The Morgan fingerprint density at radius 2 is 2.04 bits per heavy atom. The van der Waals surface area contributed by atoms with Gasteiger partial charge in [-0.1, -0.05) is 0 Å². The van der Waals surface area contributed by atoms with Crippen LogP contribution in [0.25, 0.3) is 16.6 Å². The van der Waals surface area contributed by atoms with Crippen molar-refractivity contribution >= 4 is 45.0 Å². The molecule has 1 fully saturated rings. The first-order chi connectivity index (χ1) is 13.4. The zero-order chi connectivity index (χ0) is 19.6. The quantitative estimate of drug-likeness (QED) is 0.410. The Hall–Kier alpha value is -2.33. The maximum atomic E-state index is 14.9. The number of anilines is 1. The maximum absolute atomic E-state index is 14.9. The minimum Gasteiger partial charge on any atom is -0.358 e.